The first-order chi connectivity index (χ1) is 14.5. The summed E-state index contributed by atoms with van der Waals surface area (Å²) in [6, 6.07) is 22.8. The van der Waals surface area contributed by atoms with E-state index in [1.807, 2.05) is 60.7 Å². The van der Waals surface area contributed by atoms with E-state index in [4.69, 9.17) is 0 Å². The lowest BCUT2D eigenvalue weighted by Crippen LogP contribution is -2.37. The van der Waals surface area contributed by atoms with Gasteiger partial charge in [-0.25, -0.2) is 9.18 Å². The van der Waals surface area contributed by atoms with E-state index in [1.165, 1.54) is 29.2 Å². The number of rotatable bonds is 5. The Hall–Kier alpha value is -3.80. The van der Waals surface area contributed by atoms with Crippen LogP contribution in [0.15, 0.2) is 89.9 Å². The Kier molecular flexibility index (Phi) is 5.39. The van der Waals surface area contributed by atoms with Crippen molar-refractivity contribution in [3.63, 3.8) is 0 Å². The zero-order valence-corrected chi connectivity index (χ0v) is 16.0. The molecule has 1 heterocycles. The average Bonchev–Trinajstić information content (AvgIpc) is 3.15. The number of aliphatic imine (C=N–C) groups is 1. The van der Waals surface area contributed by atoms with E-state index in [0.717, 1.165) is 11.1 Å². The van der Waals surface area contributed by atoms with Gasteiger partial charge in [0.2, 0.25) is 0 Å². The van der Waals surface area contributed by atoms with E-state index < -0.39 is 24.0 Å². The summed E-state index contributed by atoms with van der Waals surface area (Å²) in [6.07, 6.45) is -1.36. The quantitative estimate of drug-likeness (QED) is 0.591. The molecule has 5 nitrogen and oxygen atoms in total. The summed E-state index contributed by atoms with van der Waals surface area (Å²) >= 11 is 0. The molecule has 1 N–H and O–H groups in total. The summed E-state index contributed by atoms with van der Waals surface area (Å²) < 4.78 is 13.2. The molecule has 0 unspecified atom stereocenters. The van der Waals surface area contributed by atoms with Crippen molar-refractivity contribution in [3.05, 3.63) is 107 Å². The van der Waals surface area contributed by atoms with Crippen LogP contribution in [0.5, 0.6) is 0 Å². The summed E-state index contributed by atoms with van der Waals surface area (Å²) in [4.78, 5) is 30.8. The number of amidine groups is 1. The first-order valence-corrected chi connectivity index (χ1v) is 9.52. The minimum atomic E-state index is -1.17. The molecule has 0 aliphatic carbocycles. The molecular weight excluding hydrogens is 383 g/mol. The van der Waals surface area contributed by atoms with E-state index in [1.54, 1.807) is 0 Å². The van der Waals surface area contributed by atoms with Gasteiger partial charge in [-0.15, -0.1) is 0 Å². The van der Waals surface area contributed by atoms with Gasteiger partial charge in [-0.1, -0.05) is 60.7 Å². The fourth-order valence-corrected chi connectivity index (χ4v) is 3.73. The van der Waals surface area contributed by atoms with Gasteiger partial charge in [0.15, 0.2) is 5.78 Å². The Balaban J connectivity index is 1.73. The number of nitrogens with zero attached hydrogens (tertiary/aromatic N) is 2. The molecule has 4 rings (SSSR count). The highest BCUT2D eigenvalue weighted by Gasteiger charge is 2.42. The van der Waals surface area contributed by atoms with Gasteiger partial charge < -0.3 is 5.11 Å². The molecule has 30 heavy (non-hydrogen) atoms. The van der Waals surface area contributed by atoms with Crippen molar-refractivity contribution in [3.8, 4) is 0 Å². The number of Topliss-reactive ketones (excluding diaryl/α,β-unsaturated/α-hetero) is 1. The largest absolute Gasteiger partial charge is 0.465 e. The fraction of sp³-hybridized carbons (Fsp3) is 0.125. The summed E-state index contributed by atoms with van der Waals surface area (Å²) in [5, 5.41) is 9.98. The summed E-state index contributed by atoms with van der Waals surface area (Å²) in [5.74, 6) is -0.578. The average molecular weight is 402 g/mol. The van der Waals surface area contributed by atoms with Gasteiger partial charge in [0.05, 0.1) is 12.5 Å². The molecule has 1 aliphatic rings. The minimum absolute atomic E-state index is 0.180. The predicted molar refractivity (Wildman–Crippen MR) is 111 cm³/mol. The molecule has 0 aromatic heterocycles. The third-order valence-corrected chi connectivity index (χ3v) is 5.12. The molecule has 6 heteroatoms. The molecule has 2 atom stereocenters. The topological polar surface area (TPSA) is 70.0 Å². The van der Waals surface area contributed by atoms with E-state index in [-0.39, 0.29) is 18.0 Å². The van der Waals surface area contributed by atoms with Crippen LogP contribution in [0.4, 0.5) is 9.18 Å². The summed E-state index contributed by atoms with van der Waals surface area (Å²) in [7, 11) is 0. The van der Waals surface area contributed by atoms with Gasteiger partial charge in [-0.2, -0.15) is 0 Å². The number of benzene rings is 3. The van der Waals surface area contributed by atoms with E-state index in [0.29, 0.717) is 5.56 Å². The van der Waals surface area contributed by atoms with E-state index >= 15 is 0 Å². The van der Waals surface area contributed by atoms with Crippen LogP contribution in [0.2, 0.25) is 0 Å². The van der Waals surface area contributed by atoms with Gasteiger partial charge in [-0.05, 0) is 35.4 Å². The first-order valence-electron chi connectivity index (χ1n) is 9.52. The van der Waals surface area contributed by atoms with Crippen LogP contribution in [0, 0.1) is 5.82 Å². The molecule has 0 radical (unpaired) electrons. The molecule has 1 aliphatic heterocycles. The zero-order chi connectivity index (χ0) is 21.1. The molecular formula is C24H19FN2O3. The standard InChI is InChI=1S/C24H19FN2O3/c25-19-13-11-16(12-14-19)20(28)15-21-26-22(17-7-3-1-4-8-17)23(27(21)24(29)30)18-9-5-2-6-10-18/h1-14,22-23H,15H2,(H,29,30)/t22-,23+/m1/s1. The molecule has 0 bridgehead atoms. The maximum absolute atomic E-state index is 13.2. The second-order valence-corrected chi connectivity index (χ2v) is 7.02. The van der Waals surface area contributed by atoms with Gasteiger partial charge in [0.25, 0.3) is 0 Å². The van der Waals surface area contributed by atoms with Gasteiger partial charge in [0.1, 0.15) is 17.7 Å². The Labute approximate surface area is 173 Å². The van der Waals surface area contributed by atoms with Crippen molar-refractivity contribution in [2.24, 2.45) is 4.99 Å². The van der Waals surface area contributed by atoms with Crippen molar-refractivity contribution in [2.75, 3.05) is 0 Å². The molecule has 3 aromatic carbocycles. The maximum atomic E-state index is 13.2. The predicted octanol–water partition coefficient (Wildman–Crippen LogP) is 5.27. The van der Waals surface area contributed by atoms with Gasteiger partial charge >= 0.3 is 6.09 Å². The van der Waals surface area contributed by atoms with E-state index in [9.17, 15) is 19.1 Å². The van der Waals surface area contributed by atoms with Gasteiger partial charge in [-0.3, -0.25) is 14.7 Å². The molecule has 0 spiro atoms. The van der Waals surface area contributed by atoms with Crippen molar-refractivity contribution < 1.29 is 19.1 Å². The number of carbonyl (C=O) groups is 2. The lowest BCUT2D eigenvalue weighted by atomic mass is 9.94. The van der Waals surface area contributed by atoms with Crippen LogP contribution < -0.4 is 0 Å². The monoisotopic (exact) mass is 402 g/mol. The van der Waals surface area contributed by atoms with Crippen molar-refractivity contribution in [2.45, 2.75) is 18.5 Å². The van der Waals surface area contributed by atoms with E-state index in [2.05, 4.69) is 4.99 Å². The lowest BCUT2D eigenvalue weighted by Gasteiger charge is -2.27. The highest BCUT2D eigenvalue weighted by atomic mass is 19.1. The van der Waals surface area contributed by atoms with Crippen LogP contribution >= 0.6 is 0 Å². The maximum Gasteiger partial charge on any atom is 0.413 e. The molecule has 150 valence electrons. The third-order valence-electron chi connectivity index (χ3n) is 5.12. The van der Waals surface area contributed by atoms with Crippen LogP contribution in [0.25, 0.3) is 0 Å². The van der Waals surface area contributed by atoms with Crippen LogP contribution in [0.3, 0.4) is 0 Å². The number of carboxylic acid groups (broad SMARTS) is 1. The van der Waals surface area contributed by atoms with Crippen LogP contribution in [0.1, 0.15) is 40.0 Å². The number of carbonyl (C=O) groups excluding carboxylic acids is 1. The second-order valence-electron chi connectivity index (χ2n) is 7.02. The smallest absolute Gasteiger partial charge is 0.413 e. The molecule has 1 amide bonds. The first kappa shape index (κ1) is 19.5. The van der Waals surface area contributed by atoms with Crippen LogP contribution in [-0.2, 0) is 0 Å². The second kappa shape index (κ2) is 8.29. The number of ketones is 1. The lowest BCUT2D eigenvalue weighted by molar-refractivity contribution is 0.0997. The van der Waals surface area contributed by atoms with Crippen molar-refractivity contribution >= 4 is 17.7 Å². The minimum Gasteiger partial charge on any atom is -0.465 e. The molecule has 3 aromatic rings. The van der Waals surface area contributed by atoms with Gasteiger partial charge in [0, 0.05) is 5.56 Å². The molecule has 0 saturated carbocycles. The van der Waals surface area contributed by atoms with Crippen molar-refractivity contribution in [1.82, 2.24) is 4.90 Å². The SMILES string of the molecule is O=C(CC1=N[C@H](c2ccccc2)[C@H](c2ccccc2)N1C(=O)O)c1ccc(F)cc1. The summed E-state index contributed by atoms with van der Waals surface area (Å²) in [6.45, 7) is 0. The normalized spacial score (nSPS) is 18.2. The Morgan fingerprint density at radius 3 is 2.00 bits per heavy atom. The summed E-state index contributed by atoms with van der Waals surface area (Å²) in [5.41, 5.74) is 1.97. The number of hydrogen-bond acceptors (Lipinski definition) is 3. The fourth-order valence-electron chi connectivity index (χ4n) is 3.73. The Morgan fingerprint density at radius 2 is 1.43 bits per heavy atom. The third kappa shape index (κ3) is 3.85. The van der Waals surface area contributed by atoms with Crippen molar-refractivity contribution in [1.29, 1.82) is 0 Å². The Morgan fingerprint density at radius 1 is 0.867 bits per heavy atom. The Bertz CT molecular complexity index is 1080. The molecule has 0 fully saturated rings. The van der Waals surface area contributed by atoms with Crippen LogP contribution in [-0.4, -0.2) is 27.7 Å². The number of amides is 1. The highest BCUT2D eigenvalue weighted by molar-refractivity contribution is 6.12. The zero-order valence-electron chi connectivity index (χ0n) is 16.0. The highest BCUT2D eigenvalue weighted by Crippen LogP contribution is 2.42. The molecule has 0 saturated heterocycles. The number of hydrogen-bond donors (Lipinski definition) is 1. The number of halogens is 1.